The van der Waals surface area contributed by atoms with Gasteiger partial charge in [-0.3, -0.25) is 4.79 Å². The number of ether oxygens (including phenoxy) is 2. The molecular formula is C29H40O5. The first-order chi connectivity index (χ1) is 15.7. The van der Waals surface area contributed by atoms with E-state index >= 15 is 0 Å². The molecule has 5 atom stereocenters. The number of esters is 2. The number of phenolic OH excluding ortho intramolecular Hbond substituents is 1. The molecule has 0 heterocycles. The minimum absolute atomic E-state index is 0.103. The van der Waals surface area contributed by atoms with E-state index in [0.29, 0.717) is 22.8 Å². The number of fused-ring (bicyclic) bond motifs is 1. The Morgan fingerprint density at radius 3 is 2.44 bits per heavy atom. The minimum Gasteiger partial charge on any atom is -0.504 e. The minimum atomic E-state index is -0.672. The second-order valence-corrected chi connectivity index (χ2v) is 12.8. The van der Waals surface area contributed by atoms with Crippen molar-refractivity contribution in [1.82, 2.24) is 0 Å². The lowest BCUT2D eigenvalue weighted by atomic mass is 9.64. The van der Waals surface area contributed by atoms with Gasteiger partial charge in [0.1, 0.15) is 5.60 Å². The number of carbonyl (C=O) groups excluding carboxylic acids is 2. The molecule has 1 N–H and O–H groups in total. The predicted octanol–water partition coefficient (Wildman–Crippen LogP) is 6.53. The SMILES string of the molecule is C[C@@H]1CC[C@H]2C(C)(C)[C@H]3C[C@@]12CC[C@@]3(C)OC(=O)/C=C/c1ccc(OC(=O)C(C)(C)C)c(O)c1. The van der Waals surface area contributed by atoms with Gasteiger partial charge in [-0.25, -0.2) is 4.79 Å². The van der Waals surface area contributed by atoms with Crippen molar-refractivity contribution in [2.75, 3.05) is 0 Å². The zero-order valence-corrected chi connectivity index (χ0v) is 21.7. The Morgan fingerprint density at radius 1 is 1.09 bits per heavy atom. The van der Waals surface area contributed by atoms with E-state index in [-0.39, 0.29) is 22.9 Å². The molecule has 0 unspecified atom stereocenters. The van der Waals surface area contributed by atoms with Crippen molar-refractivity contribution in [3.05, 3.63) is 29.8 Å². The van der Waals surface area contributed by atoms with Gasteiger partial charge in [0.2, 0.25) is 0 Å². The van der Waals surface area contributed by atoms with E-state index in [2.05, 4.69) is 27.7 Å². The number of phenols is 1. The summed E-state index contributed by atoms with van der Waals surface area (Å²) in [5, 5.41) is 10.3. The number of hydrogen-bond donors (Lipinski definition) is 1. The average Bonchev–Trinajstić information content (AvgIpc) is 3.16. The molecule has 1 spiro atoms. The Labute approximate surface area is 203 Å². The van der Waals surface area contributed by atoms with Gasteiger partial charge < -0.3 is 14.6 Å². The lowest BCUT2D eigenvalue weighted by molar-refractivity contribution is -0.167. The van der Waals surface area contributed by atoms with E-state index in [9.17, 15) is 14.7 Å². The molecule has 3 fully saturated rings. The second kappa shape index (κ2) is 8.13. The van der Waals surface area contributed by atoms with Crippen LogP contribution >= 0.6 is 0 Å². The Bertz CT molecular complexity index is 1020. The largest absolute Gasteiger partial charge is 0.504 e. The van der Waals surface area contributed by atoms with Crippen LogP contribution in [0.4, 0.5) is 0 Å². The lowest BCUT2D eigenvalue weighted by Gasteiger charge is -2.46. The van der Waals surface area contributed by atoms with Gasteiger partial charge in [0.25, 0.3) is 0 Å². The maximum Gasteiger partial charge on any atom is 0.331 e. The van der Waals surface area contributed by atoms with Crippen LogP contribution in [-0.4, -0.2) is 22.6 Å². The molecular weight excluding hydrogens is 428 g/mol. The van der Waals surface area contributed by atoms with Crippen molar-refractivity contribution in [3.63, 3.8) is 0 Å². The first kappa shape index (κ1) is 24.8. The van der Waals surface area contributed by atoms with E-state index in [1.54, 1.807) is 32.9 Å². The van der Waals surface area contributed by atoms with Gasteiger partial charge in [0, 0.05) is 12.0 Å². The number of rotatable bonds is 4. The van der Waals surface area contributed by atoms with Gasteiger partial charge in [-0.15, -0.1) is 0 Å². The predicted molar refractivity (Wildman–Crippen MR) is 132 cm³/mol. The fourth-order valence-electron chi connectivity index (χ4n) is 7.39. The maximum atomic E-state index is 12.9. The Morgan fingerprint density at radius 2 is 1.79 bits per heavy atom. The Hall–Kier alpha value is -2.30. The molecule has 1 aromatic carbocycles. The fraction of sp³-hybridized carbons (Fsp3) is 0.655. The summed E-state index contributed by atoms with van der Waals surface area (Å²) < 4.78 is 11.4. The van der Waals surface area contributed by atoms with Crippen molar-refractivity contribution < 1.29 is 24.2 Å². The van der Waals surface area contributed by atoms with E-state index in [1.165, 1.54) is 31.1 Å². The highest BCUT2D eigenvalue weighted by molar-refractivity contribution is 5.87. The molecule has 34 heavy (non-hydrogen) atoms. The first-order valence-electron chi connectivity index (χ1n) is 12.7. The molecule has 3 aliphatic carbocycles. The van der Waals surface area contributed by atoms with Crippen molar-refractivity contribution in [1.29, 1.82) is 0 Å². The van der Waals surface area contributed by atoms with E-state index in [4.69, 9.17) is 9.47 Å². The van der Waals surface area contributed by atoms with Crippen LogP contribution in [0.3, 0.4) is 0 Å². The van der Waals surface area contributed by atoms with E-state index in [0.717, 1.165) is 25.2 Å². The zero-order chi connectivity index (χ0) is 25.1. The third-order valence-electron chi connectivity index (χ3n) is 9.31. The summed E-state index contributed by atoms with van der Waals surface area (Å²) in [6.07, 6.45) is 8.87. The standard InChI is InChI=1S/C29H40O5/c1-18-8-12-22-27(5,6)23-17-29(18,22)15-14-28(23,7)34-24(31)13-10-19-9-11-21(20(30)16-19)33-25(32)26(2,3)4/h9-11,13,16,18,22-23,30H,8,12,14-15,17H2,1-7H3/b13-10+/t18-,22+,23-,28-,29+/m1/s1. The lowest BCUT2D eigenvalue weighted by Crippen LogP contribution is -2.47. The molecule has 3 saturated carbocycles. The van der Waals surface area contributed by atoms with E-state index < -0.39 is 17.0 Å². The third-order valence-corrected chi connectivity index (χ3v) is 9.31. The molecule has 0 aliphatic heterocycles. The molecule has 3 aliphatic rings. The summed E-state index contributed by atoms with van der Waals surface area (Å²) >= 11 is 0. The van der Waals surface area contributed by atoms with Gasteiger partial charge in [0.15, 0.2) is 11.5 Å². The summed E-state index contributed by atoms with van der Waals surface area (Å²) in [6.45, 7) is 14.6. The van der Waals surface area contributed by atoms with Crippen LogP contribution in [0.15, 0.2) is 24.3 Å². The topological polar surface area (TPSA) is 72.8 Å². The van der Waals surface area contributed by atoms with Crippen LogP contribution in [0.5, 0.6) is 11.5 Å². The molecule has 0 aromatic heterocycles. The van der Waals surface area contributed by atoms with Gasteiger partial charge in [-0.2, -0.15) is 0 Å². The van der Waals surface area contributed by atoms with Crippen molar-refractivity contribution in [3.8, 4) is 11.5 Å². The molecule has 0 radical (unpaired) electrons. The van der Waals surface area contributed by atoms with Gasteiger partial charge in [-0.05, 0) is 106 Å². The molecule has 0 saturated heterocycles. The van der Waals surface area contributed by atoms with Crippen LogP contribution in [0.25, 0.3) is 6.08 Å². The van der Waals surface area contributed by atoms with Crippen molar-refractivity contribution in [2.24, 2.45) is 34.0 Å². The van der Waals surface area contributed by atoms with Crippen LogP contribution in [0.1, 0.15) is 86.1 Å². The zero-order valence-electron chi connectivity index (χ0n) is 21.7. The normalized spacial score (nSPS) is 34.1. The molecule has 186 valence electrons. The quantitative estimate of drug-likeness (QED) is 0.309. The Kier molecular flexibility index (Phi) is 5.94. The molecule has 4 rings (SSSR count). The van der Waals surface area contributed by atoms with Gasteiger partial charge >= 0.3 is 11.9 Å². The van der Waals surface area contributed by atoms with Gasteiger partial charge in [-0.1, -0.05) is 26.8 Å². The fourth-order valence-corrected chi connectivity index (χ4v) is 7.39. The molecule has 2 bridgehead atoms. The highest BCUT2D eigenvalue weighted by Crippen LogP contribution is 2.73. The number of benzene rings is 1. The number of hydrogen-bond acceptors (Lipinski definition) is 5. The number of carbonyl (C=O) groups is 2. The van der Waals surface area contributed by atoms with Crippen LogP contribution in [0, 0.1) is 34.0 Å². The van der Waals surface area contributed by atoms with E-state index in [1.807, 2.05) is 0 Å². The average molecular weight is 469 g/mol. The highest BCUT2D eigenvalue weighted by Gasteiger charge is 2.68. The molecule has 0 amide bonds. The van der Waals surface area contributed by atoms with Gasteiger partial charge in [0.05, 0.1) is 5.41 Å². The monoisotopic (exact) mass is 468 g/mol. The maximum absolute atomic E-state index is 12.9. The molecule has 5 heteroatoms. The smallest absolute Gasteiger partial charge is 0.331 e. The summed E-state index contributed by atoms with van der Waals surface area (Å²) in [5.41, 5.74) is 0.0710. The van der Waals surface area contributed by atoms with Crippen LogP contribution < -0.4 is 4.74 Å². The summed E-state index contributed by atoms with van der Waals surface area (Å²) in [4.78, 5) is 24.9. The van der Waals surface area contributed by atoms with Crippen LogP contribution in [-0.2, 0) is 14.3 Å². The van der Waals surface area contributed by atoms with Crippen LogP contribution in [0.2, 0.25) is 0 Å². The molecule has 1 aromatic rings. The highest BCUT2D eigenvalue weighted by atomic mass is 16.6. The van der Waals surface area contributed by atoms with Crippen molar-refractivity contribution in [2.45, 2.75) is 86.2 Å². The second-order valence-electron chi connectivity index (χ2n) is 12.8. The summed E-state index contributed by atoms with van der Waals surface area (Å²) in [7, 11) is 0. The summed E-state index contributed by atoms with van der Waals surface area (Å²) in [5.74, 6) is 0.995. The molecule has 5 nitrogen and oxygen atoms in total. The first-order valence-corrected chi connectivity index (χ1v) is 12.7. The number of aromatic hydroxyl groups is 1. The summed E-state index contributed by atoms with van der Waals surface area (Å²) in [6, 6.07) is 4.71. The van der Waals surface area contributed by atoms with Crippen molar-refractivity contribution >= 4 is 18.0 Å². The Balaban J connectivity index is 1.44. The third kappa shape index (κ3) is 4.05.